The van der Waals surface area contributed by atoms with Gasteiger partial charge >= 0.3 is 0 Å². The molecular weight excluding hydrogens is 359 g/mol. The van der Waals surface area contributed by atoms with Crippen LogP contribution in [0.1, 0.15) is 12.5 Å². The van der Waals surface area contributed by atoms with Crippen LogP contribution >= 0.6 is 11.6 Å². The first-order valence-corrected chi connectivity index (χ1v) is 8.47. The highest BCUT2D eigenvalue weighted by Gasteiger charge is 2.12. The number of nitrogens with zero attached hydrogens (tertiary/aromatic N) is 1. The highest BCUT2D eigenvalue weighted by Crippen LogP contribution is 2.15. The van der Waals surface area contributed by atoms with Crippen molar-refractivity contribution in [3.05, 3.63) is 64.9 Å². The zero-order valence-electron chi connectivity index (χ0n) is 14.4. The quantitative estimate of drug-likeness (QED) is 0.768. The molecule has 0 saturated heterocycles. The van der Waals surface area contributed by atoms with E-state index in [1.807, 2.05) is 0 Å². The average molecular weight is 379 g/mol. The van der Waals surface area contributed by atoms with Crippen molar-refractivity contribution in [2.45, 2.75) is 13.5 Å². The molecule has 0 radical (unpaired) electrons. The van der Waals surface area contributed by atoms with E-state index >= 15 is 0 Å². The van der Waals surface area contributed by atoms with E-state index in [1.54, 1.807) is 42.5 Å². The fourth-order valence-corrected chi connectivity index (χ4v) is 2.37. The van der Waals surface area contributed by atoms with Crippen LogP contribution < -0.4 is 10.1 Å². The second kappa shape index (κ2) is 9.77. The molecule has 2 amide bonds. The molecule has 0 atom stereocenters. The molecule has 2 aromatic carbocycles. The lowest BCUT2D eigenvalue weighted by molar-refractivity contribution is -0.130. The van der Waals surface area contributed by atoms with Crippen molar-refractivity contribution in [3.8, 4) is 5.75 Å². The number of carbonyl (C=O) groups is 2. The fraction of sp³-hybridized carbons (Fsp3) is 0.263. The zero-order chi connectivity index (χ0) is 18.9. The summed E-state index contributed by atoms with van der Waals surface area (Å²) in [6.45, 7) is 1.94. The van der Waals surface area contributed by atoms with Gasteiger partial charge in [0, 0.05) is 37.1 Å². The molecule has 0 spiro atoms. The Bertz CT molecular complexity index is 753. The lowest BCUT2D eigenvalue weighted by atomic mass is 10.2. The van der Waals surface area contributed by atoms with Crippen LogP contribution in [-0.4, -0.2) is 36.4 Å². The maximum atomic E-state index is 13.7. The summed E-state index contributed by atoms with van der Waals surface area (Å²) in [5.41, 5.74) is 0.431. The second-order valence-corrected chi connectivity index (χ2v) is 6.06. The SMILES string of the molecule is CC(=O)N(CCNC(=O)COc1ccc(Cl)cc1)Cc1ccccc1F. The molecule has 0 aliphatic carbocycles. The van der Waals surface area contributed by atoms with Gasteiger partial charge in [0.05, 0.1) is 0 Å². The molecular formula is C19H20ClFN2O3. The summed E-state index contributed by atoms with van der Waals surface area (Å²) in [5, 5.41) is 3.26. The minimum Gasteiger partial charge on any atom is -0.484 e. The Hall–Kier alpha value is -2.60. The van der Waals surface area contributed by atoms with Crippen LogP contribution in [0.4, 0.5) is 4.39 Å². The average Bonchev–Trinajstić information content (AvgIpc) is 2.62. The van der Waals surface area contributed by atoms with E-state index in [-0.39, 0.29) is 43.9 Å². The predicted octanol–water partition coefficient (Wildman–Crippen LogP) is 3.02. The standard InChI is InChI=1S/C19H20ClFN2O3/c1-14(24)23(12-15-4-2-3-5-18(15)21)11-10-22-19(25)13-26-17-8-6-16(20)7-9-17/h2-9H,10-13H2,1H3,(H,22,25). The molecule has 0 saturated carbocycles. The molecule has 0 aliphatic heterocycles. The highest BCUT2D eigenvalue weighted by molar-refractivity contribution is 6.30. The summed E-state index contributed by atoms with van der Waals surface area (Å²) in [6, 6.07) is 13.0. The molecule has 2 rings (SSSR count). The number of halogens is 2. The summed E-state index contributed by atoms with van der Waals surface area (Å²) in [6.07, 6.45) is 0. The van der Waals surface area contributed by atoms with Gasteiger partial charge < -0.3 is 15.0 Å². The van der Waals surface area contributed by atoms with Crippen molar-refractivity contribution in [2.75, 3.05) is 19.7 Å². The van der Waals surface area contributed by atoms with Crippen LogP contribution in [0.15, 0.2) is 48.5 Å². The number of nitrogens with one attached hydrogen (secondary N) is 1. The first-order valence-electron chi connectivity index (χ1n) is 8.09. The minimum absolute atomic E-state index is 0.144. The molecule has 0 unspecified atom stereocenters. The van der Waals surface area contributed by atoms with E-state index in [1.165, 1.54) is 17.9 Å². The normalized spacial score (nSPS) is 10.3. The molecule has 0 heterocycles. The van der Waals surface area contributed by atoms with Gasteiger partial charge in [-0.15, -0.1) is 0 Å². The first-order chi connectivity index (χ1) is 12.5. The molecule has 0 fully saturated rings. The van der Waals surface area contributed by atoms with Gasteiger partial charge in [-0.3, -0.25) is 9.59 Å². The molecule has 1 N–H and O–H groups in total. The van der Waals surface area contributed by atoms with Crippen LogP contribution in [0.25, 0.3) is 0 Å². The molecule has 0 aromatic heterocycles. The number of hydrogen-bond donors (Lipinski definition) is 1. The number of carbonyl (C=O) groups excluding carboxylic acids is 2. The minimum atomic E-state index is -0.362. The smallest absolute Gasteiger partial charge is 0.258 e. The molecule has 0 aliphatic rings. The van der Waals surface area contributed by atoms with Crippen molar-refractivity contribution in [3.63, 3.8) is 0 Å². The Labute approximate surface area is 156 Å². The molecule has 0 bridgehead atoms. The van der Waals surface area contributed by atoms with Gasteiger partial charge in [-0.1, -0.05) is 29.8 Å². The Morgan fingerprint density at radius 3 is 2.50 bits per heavy atom. The van der Waals surface area contributed by atoms with Crippen molar-refractivity contribution in [1.82, 2.24) is 10.2 Å². The van der Waals surface area contributed by atoms with E-state index in [0.29, 0.717) is 16.3 Å². The summed E-state index contributed by atoms with van der Waals surface area (Å²) in [7, 11) is 0. The van der Waals surface area contributed by atoms with Crippen LogP contribution in [-0.2, 0) is 16.1 Å². The van der Waals surface area contributed by atoms with E-state index in [0.717, 1.165) is 0 Å². The van der Waals surface area contributed by atoms with E-state index in [4.69, 9.17) is 16.3 Å². The third-order valence-electron chi connectivity index (χ3n) is 3.65. The van der Waals surface area contributed by atoms with Crippen LogP contribution in [0, 0.1) is 5.82 Å². The van der Waals surface area contributed by atoms with Gasteiger partial charge in [0.25, 0.3) is 5.91 Å². The van der Waals surface area contributed by atoms with Gasteiger partial charge in [-0.25, -0.2) is 4.39 Å². The predicted molar refractivity (Wildman–Crippen MR) is 97.4 cm³/mol. The number of ether oxygens (including phenoxy) is 1. The molecule has 138 valence electrons. The molecule has 2 aromatic rings. The summed E-state index contributed by atoms with van der Waals surface area (Å²) in [5.74, 6) is -0.331. The summed E-state index contributed by atoms with van der Waals surface area (Å²) >= 11 is 5.78. The van der Waals surface area contributed by atoms with Gasteiger partial charge in [-0.2, -0.15) is 0 Å². The third kappa shape index (κ3) is 6.37. The second-order valence-electron chi connectivity index (χ2n) is 5.62. The number of rotatable bonds is 8. The first kappa shape index (κ1) is 19.7. The van der Waals surface area contributed by atoms with Crippen molar-refractivity contribution in [2.24, 2.45) is 0 Å². The molecule has 5 nitrogen and oxygen atoms in total. The monoisotopic (exact) mass is 378 g/mol. The Balaban J connectivity index is 1.76. The van der Waals surface area contributed by atoms with E-state index in [2.05, 4.69) is 5.32 Å². The Morgan fingerprint density at radius 2 is 1.85 bits per heavy atom. The van der Waals surface area contributed by atoms with E-state index < -0.39 is 0 Å². The maximum absolute atomic E-state index is 13.7. The highest BCUT2D eigenvalue weighted by atomic mass is 35.5. The van der Waals surface area contributed by atoms with Crippen LogP contribution in [0.5, 0.6) is 5.75 Å². The van der Waals surface area contributed by atoms with Crippen LogP contribution in [0.2, 0.25) is 5.02 Å². The van der Waals surface area contributed by atoms with Gasteiger partial charge in [-0.05, 0) is 30.3 Å². The molecule has 26 heavy (non-hydrogen) atoms. The summed E-state index contributed by atoms with van der Waals surface area (Å²) < 4.78 is 19.1. The fourth-order valence-electron chi connectivity index (χ4n) is 2.24. The number of amides is 2. The van der Waals surface area contributed by atoms with E-state index in [9.17, 15) is 14.0 Å². The van der Waals surface area contributed by atoms with Gasteiger partial charge in [0.1, 0.15) is 11.6 Å². The van der Waals surface area contributed by atoms with Crippen molar-refractivity contribution >= 4 is 23.4 Å². The maximum Gasteiger partial charge on any atom is 0.258 e. The molecule has 7 heteroatoms. The van der Waals surface area contributed by atoms with Gasteiger partial charge in [0.15, 0.2) is 6.61 Å². The van der Waals surface area contributed by atoms with Crippen molar-refractivity contribution in [1.29, 1.82) is 0 Å². The Kier molecular flexibility index (Phi) is 7.41. The number of hydrogen-bond acceptors (Lipinski definition) is 3. The van der Waals surface area contributed by atoms with Crippen molar-refractivity contribution < 1.29 is 18.7 Å². The lowest BCUT2D eigenvalue weighted by Crippen LogP contribution is -2.38. The largest absolute Gasteiger partial charge is 0.484 e. The Morgan fingerprint density at radius 1 is 1.15 bits per heavy atom. The summed E-state index contributed by atoms with van der Waals surface area (Å²) in [4.78, 5) is 25.0. The lowest BCUT2D eigenvalue weighted by Gasteiger charge is -2.21. The topological polar surface area (TPSA) is 58.6 Å². The number of benzene rings is 2. The third-order valence-corrected chi connectivity index (χ3v) is 3.90. The van der Waals surface area contributed by atoms with Gasteiger partial charge in [0.2, 0.25) is 5.91 Å². The zero-order valence-corrected chi connectivity index (χ0v) is 15.1. The van der Waals surface area contributed by atoms with Crippen LogP contribution in [0.3, 0.4) is 0 Å².